The van der Waals surface area contributed by atoms with E-state index in [-0.39, 0.29) is 6.61 Å². The fourth-order valence-corrected chi connectivity index (χ4v) is 3.62. The highest BCUT2D eigenvalue weighted by Crippen LogP contribution is 2.37. The lowest BCUT2D eigenvalue weighted by Gasteiger charge is -2.13. The zero-order valence-corrected chi connectivity index (χ0v) is 17.1. The largest absolute Gasteiger partial charge is 0.482 e. The highest BCUT2D eigenvalue weighted by Gasteiger charge is 2.12. The molecule has 2 aromatic carbocycles. The van der Waals surface area contributed by atoms with Crippen LogP contribution in [0.1, 0.15) is 25.0 Å². The second-order valence-corrected chi connectivity index (χ2v) is 7.81. The zero-order valence-electron chi connectivity index (χ0n) is 15.5. The van der Waals surface area contributed by atoms with Gasteiger partial charge in [-0.05, 0) is 76.7 Å². The van der Waals surface area contributed by atoms with Crippen molar-refractivity contribution in [3.8, 4) is 17.2 Å². The van der Waals surface area contributed by atoms with E-state index in [1.807, 2.05) is 25.1 Å². The minimum absolute atomic E-state index is 0.380. The summed E-state index contributed by atoms with van der Waals surface area (Å²) >= 11 is 3.49. The quantitative estimate of drug-likeness (QED) is 0.503. The number of fused-ring (bicyclic) bond motifs is 1. The Labute approximate surface area is 166 Å². The molecule has 0 atom stereocenters. The van der Waals surface area contributed by atoms with Crippen molar-refractivity contribution in [2.75, 3.05) is 6.61 Å². The molecule has 0 unspecified atom stereocenters. The Kier molecular flexibility index (Phi) is 5.75. The Morgan fingerprint density at radius 3 is 2.67 bits per heavy atom. The van der Waals surface area contributed by atoms with E-state index in [4.69, 9.17) is 14.6 Å². The van der Waals surface area contributed by atoms with E-state index in [1.165, 1.54) is 5.56 Å². The molecule has 0 aliphatic carbocycles. The van der Waals surface area contributed by atoms with Crippen molar-refractivity contribution >= 4 is 32.8 Å². The number of nitrogens with one attached hydrogen (secondary N) is 1. The van der Waals surface area contributed by atoms with Crippen LogP contribution < -0.4 is 9.47 Å². The van der Waals surface area contributed by atoms with Crippen LogP contribution in [-0.4, -0.2) is 22.7 Å². The van der Waals surface area contributed by atoms with Crippen molar-refractivity contribution in [1.82, 2.24) is 4.98 Å². The molecule has 5 nitrogen and oxygen atoms in total. The third kappa shape index (κ3) is 4.63. The summed E-state index contributed by atoms with van der Waals surface area (Å²) in [6.07, 6.45) is 3.06. The summed E-state index contributed by atoms with van der Waals surface area (Å²) in [6, 6.07) is 9.47. The number of aryl methyl sites for hydroxylation is 1. The summed E-state index contributed by atoms with van der Waals surface area (Å²) in [4.78, 5) is 14.0. The second kappa shape index (κ2) is 8.05. The van der Waals surface area contributed by atoms with Crippen LogP contribution in [0.2, 0.25) is 0 Å². The molecule has 0 spiro atoms. The van der Waals surface area contributed by atoms with E-state index >= 15 is 0 Å². The first-order chi connectivity index (χ1) is 12.8. The molecular formula is C21H22BrNO4. The SMILES string of the molecule is Cc1cc(OCC(=O)O)cc(Br)c1Oc1ccc2[nH]cc(CC(C)C)c2c1. The predicted molar refractivity (Wildman–Crippen MR) is 109 cm³/mol. The zero-order chi connectivity index (χ0) is 19.6. The fourth-order valence-electron chi connectivity index (χ4n) is 3.00. The van der Waals surface area contributed by atoms with E-state index in [9.17, 15) is 4.79 Å². The molecule has 142 valence electrons. The Morgan fingerprint density at radius 2 is 2.00 bits per heavy atom. The van der Waals surface area contributed by atoms with Gasteiger partial charge < -0.3 is 19.6 Å². The topological polar surface area (TPSA) is 71.6 Å². The van der Waals surface area contributed by atoms with Gasteiger partial charge in [-0.3, -0.25) is 0 Å². The minimum atomic E-state index is -1.01. The van der Waals surface area contributed by atoms with E-state index in [0.29, 0.717) is 21.9 Å². The number of carboxylic acids is 1. The third-order valence-corrected chi connectivity index (χ3v) is 4.74. The van der Waals surface area contributed by atoms with Crippen LogP contribution in [0.5, 0.6) is 17.2 Å². The van der Waals surface area contributed by atoms with Crippen LogP contribution in [0.4, 0.5) is 0 Å². The number of benzene rings is 2. The standard InChI is InChI=1S/C21H22BrNO4/c1-12(2)6-14-10-23-19-5-4-15(8-17(14)19)27-21-13(3)7-16(9-18(21)22)26-11-20(24)25/h4-5,7-10,12,23H,6,11H2,1-3H3,(H,24,25). The van der Waals surface area contributed by atoms with Crippen LogP contribution in [0.15, 0.2) is 41.0 Å². The van der Waals surface area contributed by atoms with Gasteiger partial charge in [-0.15, -0.1) is 0 Å². The number of H-pyrrole nitrogens is 1. The molecule has 2 N–H and O–H groups in total. The van der Waals surface area contributed by atoms with Crippen molar-refractivity contribution in [2.24, 2.45) is 5.92 Å². The molecule has 0 fully saturated rings. The van der Waals surface area contributed by atoms with Crippen molar-refractivity contribution in [2.45, 2.75) is 27.2 Å². The number of carboxylic acid groups (broad SMARTS) is 1. The molecule has 3 rings (SSSR count). The van der Waals surface area contributed by atoms with Crippen LogP contribution >= 0.6 is 15.9 Å². The molecule has 0 aliphatic heterocycles. The molecule has 0 saturated heterocycles. The Bertz CT molecular complexity index is 954. The maximum absolute atomic E-state index is 10.7. The summed E-state index contributed by atoms with van der Waals surface area (Å²) in [5.41, 5.74) is 3.21. The average Bonchev–Trinajstić information content (AvgIpc) is 2.98. The van der Waals surface area contributed by atoms with E-state index in [1.54, 1.807) is 12.1 Å². The summed E-state index contributed by atoms with van der Waals surface area (Å²) in [5, 5.41) is 9.91. The Balaban J connectivity index is 1.87. The van der Waals surface area contributed by atoms with Crippen LogP contribution in [0.3, 0.4) is 0 Å². The van der Waals surface area contributed by atoms with Gasteiger partial charge in [-0.2, -0.15) is 0 Å². The van der Waals surface area contributed by atoms with E-state index < -0.39 is 5.97 Å². The summed E-state index contributed by atoms with van der Waals surface area (Å²) in [7, 11) is 0. The van der Waals surface area contributed by atoms with E-state index in [2.05, 4.69) is 41.0 Å². The van der Waals surface area contributed by atoms with Crippen molar-refractivity contribution in [1.29, 1.82) is 0 Å². The number of halogens is 1. The molecule has 0 amide bonds. The predicted octanol–water partition coefficient (Wildman–Crippen LogP) is 5.69. The first-order valence-electron chi connectivity index (χ1n) is 8.76. The molecule has 0 saturated carbocycles. The molecule has 27 heavy (non-hydrogen) atoms. The van der Waals surface area contributed by atoms with Crippen molar-refractivity contribution in [3.05, 3.63) is 52.1 Å². The highest BCUT2D eigenvalue weighted by atomic mass is 79.9. The van der Waals surface area contributed by atoms with Gasteiger partial charge in [0, 0.05) is 17.1 Å². The number of hydrogen-bond acceptors (Lipinski definition) is 3. The molecule has 0 aliphatic rings. The smallest absolute Gasteiger partial charge is 0.341 e. The maximum Gasteiger partial charge on any atom is 0.341 e. The summed E-state index contributed by atoms with van der Waals surface area (Å²) in [6.45, 7) is 5.92. The molecular weight excluding hydrogens is 410 g/mol. The normalized spacial score (nSPS) is 11.1. The van der Waals surface area contributed by atoms with Crippen molar-refractivity contribution < 1.29 is 19.4 Å². The third-order valence-electron chi connectivity index (χ3n) is 4.15. The van der Waals surface area contributed by atoms with Gasteiger partial charge in [0.15, 0.2) is 6.61 Å². The van der Waals surface area contributed by atoms with Crippen molar-refractivity contribution in [3.63, 3.8) is 0 Å². The fraction of sp³-hybridized carbons (Fsp3) is 0.286. The molecule has 1 heterocycles. The monoisotopic (exact) mass is 431 g/mol. The number of carbonyl (C=O) groups is 1. The summed E-state index contributed by atoms with van der Waals surface area (Å²) < 4.78 is 12.1. The average molecular weight is 432 g/mol. The first kappa shape index (κ1) is 19.3. The van der Waals surface area contributed by atoms with Gasteiger partial charge in [0.2, 0.25) is 0 Å². The van der Waals surface area contributed by atoms with E-state index in [0.717, 1.165) is 28.6 Å². The summed E-state index contributed by atoms with van der Waals surface area (Å²) in [5.74, 6) is 1.46. The molecule has 0 bridgehead atoms. The lowest BCUT2D eigenvalue weighted by molar-refractivity contribution is -0.139. The van der Waals surface area contributed by atoms with Gasteiger partial charge >= 0.3 is 5.97 Å². The maximum atomic E-state index is 10.7. The van der Waals surface area contributed by atoms with Gasteiger partial charge in [0.25, 0.3) is 0 Å². The number of hydrogen-bond donors (Lipinski definition) is 2. The first-order valence-corrected chi connectivity index (χ1v) is 9.55. The van der Waals surface area contributed by atoms with Crippen LogP contribution in [0.25, 0.3) is 10.9 Å². The van der Waals surface area contributed by atoms with Gasteiger partial charge in [-0.25, -0.2) is 4.79 Å². The van der Waals surface area contributed by atoms with Gasteiger partial charge in [0.1, 0.15) is 17.2 Å². The van der Waals surface area contributed by atoms with Gasteiger partial charge in [-0.1, -0.05) is 13.8 Å². The van der Waals surface area contributed by atoms with Crippen LogP contribution in [-0.2, 0) is 11.2 Å². The van der Waals surface area contributed by atoms with Gasteiger partial charge in [0.05, 0.1) is 4.47 Å². The number of aromatic amines is 1. The number of aromatic nitrogens is 1. The lowest BCUT2D eigenvalue weighted by Crippen LogP contribution is -2.09. The second-order valence-electron chi connectivity index (χ2n) is 6.95. The number of aliphatic carboxylic acids is 1. The molecule has 3 aromatic rings. The number of ether oxygens (including phenoxy) is 2. The molecule has 6 heteroatoms. The lowest BCUT2D eigenvalue weighted by atomic mass is 10.0. The Morgan fingerprint density at radius 1 is 1.22 bits per heavy atom. The highest BCUT2D eigenvalue weighted by molar-refractivity contribution is 9.10. The minimum Gasteiger partial charge on any atom is -0.482 e. The number of rotatable bonds is 7. The molecule has 1 aromatic heterocycles. The molecule has 0 radical (unpaired) electrons. The Hall–Kier alpha value is -2.47. The van der Waals surface area contributed by atoms with Crippen LogP contribution in [0, 0.1) is 12.8 Å².